The van der Waals surface area contributed by atoms with Crippen molar-refractivity contribution in [2.45, 2.75) is 6.92 Å². The van der Waals surface area contributed by atoms with Crippen LogP contribution in [0.4, 0.5) is 10.1 Å². The maximum atomic E-state index is 13.0. The Balaban J connectivity index is 2.31. The molecule has 0 heterocycles. The molecule has 17 heavy (non-hydrogen) atoms. The number of hydrogen-bond donors (Lipinski definition) is 1. The molecule has 2 nitrogen and oxygen atoms in total. The molecule has 0 aromatic heterocycles. The quantitative estimate of drug-likeness (QED) is 0.814. The molecule has 2 N–H and O–H groups in total. The Morgan fingerprint density at radius 3 is 2.71 bits per heavy atom. The lowest BCUT2D eigenvalue weighted by Gasteiger charge is -2.10. The zero-order chi connectivity index (χ0) is 12.4. The van der Waals surface area contributed by atoms with Crippen LogP contribution < -0.4 is 10.5 Å². The molecular weight excluding hydrogens is 241 g/mol. The summed E-state index contributed by atoms with van der Waals surface area (Å²) in [5.74, 6) is 0.512. The standard InChI is InChI=1S/C13H11ClFNO/c1-8-3-2-4-12(13(8)16)17-9-5-6-11(15)10(14)7-9/h2-7H,16H2,1H3. The van der Waals surface area contributed by atoms with E-state index in [0.717, 1.165) is 5.56 Å². The molecular formula is C13H11ClFNO. The Bertz CT molecular complexity index is 557. The highest BCUT2D eigenvalue weighted by molar-refractivity contribution is 6.30. The van der Waals surface area contributed by atoms with Crippen molar-refractivity contribution in [3.8, 4) is 11.5 Å². The van der Waals surface area contributed by atoms with E-state index in [-0.39, 0.29) is 5.02 Å². The van der Waals surface area contributed by atoms with Crippen LogP contribution in [0.5, 0.6) is 11.5 Å². The lowest BCUT2D eigenvalue weighted by molar-refractivity contribution is 0.482. The van der Waals surface area contributed by atoms with Crippen molar-refractivity contribution >= 4 is 17.3 Å². The Morgan fingerprint density at radius 2 is 2.00 bits per heavy atom. The fraction of sp³-hybridized carbons (Fsp3) is 0.0769. The van der Waals surface area contributed by atoms with Crippen molar-refractivity contribution in [1.82, 2.24) is 0 Å². The molecule has 0 spiro atoms. The summed E-state index contributed by atoms with van der Waals surface area (Å²) in [4.78, 5) is 0. The van der Waals surface area contributed by atoms with Gasteiger partial charge in [0.1, 0.15) is 11.6 Å². The molecule has 0 aliphatic heterocycles. The second-order valence-corrected chi connectivity index (χ2v) is 4.07. The number of ether oxygens (including phenoxy) is 1. The van der Waals surface area contributed by atoms with Crippen molar-refractivity contribution in [1.29, 1.82) is 0 Å². The van der Waals surface area contributed by atoms with E-state index in [1.807, 2.05) is 19.1 Å². The number of halogens is 2. The molecule has 0 unspecified atom stereocenters. The van der Waals surface area contributed by atoms with Crippen LogP contribution in [0.15, 0.2) is 36.4 Å². The molecule has 0 bridgehead atoms. The van der Waals surface area contributed by atoms with Crippen LogP contribution in [-0.2, 0) is 0 Å². The smallest absolute Gasteiger partial charge is 0.150 e. The third-order valence-corrected chi connectivity index (χ3v) is 2.69. The van der Waals surface area contributed by atoms with Gasteiger partial charge in [-0.1, -0.05) is 23.7 Å². The van der Waals surface area contributed by atoms with Crippen molar-refractivity contribution in [3.63, 3.8) is 0 Å². The zero-order valence-electron chi connectivity index (χ0n) is 9.21. The monoisotopic (exact) mass is 251 g/mol. The summed E-state index contributed by atoms with van der Waals surface area (Å²) < 4.78 is 18.5. The fourth-order valence-electron chi connectivity index (χ4n) is 1.41. The van der Waals surface area contributed by atoms with E-state index in [1.165, 1.54) is 18.2 Å². The lowest BCUT2D eigenvalue weighted by atomic mass is 10.2. The van der Waals surface area contributed by atoms with E-state index in [2.05, 4.69) is 0 Å². The summed E-state index contributed by atoms with van der Waals surface area (Å²) >= 11 is 5.66. The molecule has 2 aromatic carbocycles. The number of rotatable bonds is 2. The minimum Gasteiger partial charge on any atom is -0.455 e. The van der Waals surface area contributed by atoms with Crippen LogP contribution in [0.1, 0.15) is 5.56 Å². The first-order chi connectivity index (χ1) is 8.08. The van der Waals surface area contributed by atoms with Crippen molar-refractivity contribution < 1.29 is 9.13 Å². The third kappa shape index (κ3) is 2.50. The minimum atomic E-state index is -0.476. The lowest BCUT2D eigenvalue weighted by Crippen LogP contribution is -1.94. The van der Waals surface area contributed by atoms with Gasteiger partial charge in [0.15, 0.2) is 5.75 Å². The Labute approximate surface area is 104 Å². The summed E-state index contributed by atoms with van der Waals surface area (Å²) in [6.07, 6.45) is 0. The van der Waals surface area contributed by atoms with Crippen molar-refractivity contribution in [2.75, 3.05) is 5.73 Å². The van der Waals surface area contributed by atoms with Crippen LogP contribution in [0, 0.1) is 12.7 Å². The molecule has 0 aliphatic carbocycles. The summed E-state index contributed by atoms with van der Waals surface area (Å²) in [5.41, 5.74) is 7.36. The summed E-state index contributed by atoms with van der Waals surface area (Å²) in [6, 6.07) is 9.65. The van der Waals surface area contributed by atoms with Gasteiger partial charge in [0, 0.05) is 6.07 Å². The molecule has 0 fully saturated rings. The number of anilines is 1. The van der Waals surface area contributed by atoms with Gasteiger partial charge >= 0.3 is 0 Å². The Kier molecular flexibility index (Phi) is 3.20. The molecule has 0 saturated heterocycles. The van der Waals surface area contributed by atoms with Gasteiger partial charge in [0.25, 0.3) is 0 Å². The highest BCUT2D eigenvalue weighted by Crippen LogP contribution is 2.31. The molecule has 2 rings (SSSR count). The van der Waals surface area contributed by atoms with Gasteiger partial charge < -0.3 is 10.5 Å². The van der Waals surface area contributed by atoms with Gasteiger partial charge in [-0.15, -0.1) is 0 Å². The van der Waals surface area contributed by atoms with Crippen LogP contribution in [0.25, 0.3) is 0 Å². The predicted octanol–water partition coefficient (Wildman–Crippen LogP) is 4.16. The predicted molar refractivity (Wildman–Crippen MR) is 67.1 cm³/mol. The first-order valence-corrected chi connectivity index (χ1v) is 5.43. The first-order valence-electron chi connectivity index (χ1n) is 5.06. The fourth-order valence-corrected chi connectivity index (χ4v) is 1.58. The van der Waals surface area contributed by atoms with Crippen LogP contribution in [0.3, 0.4) is 0 Å². The van der Waals surface area contributed by atoms with Crippen molar-refractivity contribution in [2.24, 2.45) is 0 Å². The van der Waals surface area contributed by atoms with E-state index in [4.69, 9.17) is 22.1 Å². The average molecular weight is 252 g/mol. The second-order valence-electron chi connectivity index (χ2n) is 3.66. The number of nitrogens with two attached hydrogens (primary N) is 1. The highest BCUT2D eigenvalue weighted by Gasteiger charge is 2.06. The maximum absolute atomic E-state index is 13.0. The van der Waals surface area contributed by atoms with E-state index in [9.17, 15) is 4.39 Å². The SMILES string of the molecule is Cc1cccc(Oc2ccc(F)c(Cl)c2)c1N. The third-order valence-electron chi connectivity index (χ3n) is 2.40. The topological polar surface area (TPSA) is 35.2 Å². The minimum absolute atomic E-state index is 0.0220. The number of aryl methyl sites for hydroxylation is 1. The summed E-state index contributed by atoms with van der Waals surface area (Å²) in [5, 5.41) is 0.0220. The van der Waals surface area contributed by atoms with Crippen molar-refractivity contribution in [3.05, 3.63) is 52.8 Å². The molecule has 2 aromatic rings. The summed E-state index contributed by atoms with van der Waals surface area (Å²) in [6.45, 7) is 1.89. The highest BCUT2D eigenvalue weighted by atomic mass is 35.5. The Morgan fingerprint density at radius 1 is 1.24 bits per heavy atom. The van der Waals surface area contributed by atoms with Gasteiger partial charge in [-0.05, 0) is 30.7 Å². The molecule has 0 saturated carbocycles. The molecule has 0 radical (unpaired) electrons. The second kappa shape index (κ2) is 4.63. The largest absolute Gasteiger partial charge is 0.455 e. The van der Waals surface area contributed by atoms with Gasteiger partial charge in [-0.25, -0.2) is 4.39 Å². The van der Waals surface area contributed by atoms with Gasteiger partial charge in [0.05, 0.1) is 10.7 Å². The Hall–Kier alpha value is -1.74. The number of hydrogen-bond acceptors (Lipinski definition) is 2. The van der Waals surface area contributed by atoms with E-state index >= 15 is 0 Å². The van der Waals surface area contributed by atoms with Crippen LogP contribution >= 0.6 is 11.6 Å². The van der Waals surface area contributed by atoms with Crippen LogP contribution in [0.2, 0.25) is 5.02 Å². The number of nitrogen functional groups attached to an aromatic ring is 1. The first kappa shape index (κ1) is 11.7. The van der Waals surface area contributed by atoms with E-state index in [1.54, 1.807) is 6.07 Å². The average Bonchev–Trinajstić information content (AvgIpc) is 2.30. The van der Waals surface area contributed by atoms with Gasteiger partial charge in [-0.3, -0.25) is 0 Å². The molecule has 4 heteroatoms. The van der Waals surface area contributed by atoms with E-state index < -0.39 is 5.82 Å². The normalized spacial score (nSPS) is 10.3. The van der Waals surface area contributed by atoms with E-state index in [0.29, 0.717) is 17.2 Å². The molecule has 0 atom stereocenters. The number of benzene rings is 2. The molecule has 0 amide bonds. The molecule has 0 aliphatic rings. The maximum Gasteiger partial charge on any atom is 0.150 e. The summed E-state index contributed by atoms with van der Waals surface area (Å²) in [7, 11) is 0. The van der Waals surface area contributed by atoms with Gasteiger partial charge in [0.2, 0.25) is 0 Å². The van der Waals surface area contributed by atoms with Gasteiger partial charge in [-0.2, -0.15) is 0 Å². The zero-order valence-corrected chi connectivity index (χ0v) is 9.96. The van der Waals surface area contributed by atoms with Crippen LogP contribution in [-0.4, -0.2) is 0 Å². The molecule has 88 valence electrons. The number of para-hydroxylation sites is 1.